The summed E-state index contributed by atoms with van der Waals surface area (Å²) < 4.78 is 39.3. The average Bonchev–Trinajstić information content (AvgIpc) is 2.85. The molecule has 2 heterocycles. The zero-order chi connectivity index (χ0) is 17.4. The fraction of sp³-hybridized carbons (Fsp3) is 0.615. The Hall–Kier alpha value is -2.10. The van der Waals surface area contributed by atoms with E-state index in [9.17, 15) is 33.0 Å². The van der Waals surface area contributed by atoms with Crippen molar-refractivity contribution in [2.75, 3.05) is 6.54 Å². The highest BCUT2D eigenvalue weighted by molar-refractivity contribution is 5.81. The second kappa shape index (κ2) is 6.19. The number of carboxylic acid groups (broad SMARTS) is 1. The molecule has 0 saturated carbocycles. The molecule has 0 spiro atoms. The van der Waals surface area contributed by atoms with Crippen molar-refractivity contribution in [2.45, 2.75) is 31.2 Å². The van der Waals surface area contributed by atoms with E-state index in [0.29, 0.717) is 0 Å². The maximum absolute atomic E-state index is 12.6. The maximum Gasteiger partial charge on any atom is 0.416 e. The van der Waals surface area contributed by atoms with Gasteiger partial charge in [0.1, 0.15) is 11.9 Å². The number of hydrogen-bond acceptors (Lipinski definition) is 4. The number of aliphatic carboxylic acids is 1. The van der Waals surface area contributed by atoms with Crippen molar-refractivity contribution in [3.63, 3.8) is 0 Å². The molecule has 7 nitrogen and oxygen atoms in total. The number of rotatable bonds is 4. The van der Waals surface area contributed by atoms with Crippen molar-refractivity contribution in [2.24, 2.45) is 13.0 Å². The Kier molecular flexibility index (Phi) is 4.64. The first kappa shape index (κ1) is 17.3. The minimum Gasteiger partial charge on any atom is -0.481 e. The van der Waals surface area contributed by atoms with Crippen molar-refractivity contribution in [1.82, 2.24) is 14.5 Å². The van der Waals surface area contributed by atoms with Gasteiger partial charge >= 0.3 is 12.1 Å². The lowest BCUT2D eigenvalue weighted by atomic mass is 9.87. The summed E-state index contributed by atoms with van der Waals surface area (Å²) in [5.41, 5.74) is 0. The van der Waals surface area contributed by atoms with Crippen LogP contribution in [0.3, 0.4) is 0 Å². The third-order valence-electron chi connectivity index (χ3n) is 3.89. The summed E-state index contributed by atoms with van der Waals surface area (Å²) in [4.78, 5) is 28.2. The van der Waals surface area contributed by atoms with Crippen molar-refractivity contribution in [3.05, 3.63) is 18.2 Å². The van der Waals surface area contributed by atoms with Gasteiger partial charge in [-0.05, 0) is 6.42 Å². The highest BCUT2D eigenvalue weighted by Gasteiger charge is 2.47. The third-order valence-corrected chi connectivity index (χ3v) is 3.89. The molecule has 1 aliphatic rings. The number of aliphatic hydroxyl groups is 1. The minimum atomic E-state index is -4.90. The summed E-state index contributed by atoms with van der Waals surface area (Å²) in [7, 11) is 1.55. The number of imidazole rings is 1. The first-order chi connectivity index (χ1) is 10.6. The van der Waals surface area contributed by atoms with Crippen LogP contribution in [0.5, 0.6) is 0 Å². The second-order valence-corrected chi connectivity index (χ2v) is 5.43. The third kappa shape index (κ3) is 3.46. The molecule has 128 valence electrons. The molecule has 3 atom stereocenters. The van der Waals surface area contributed by atoms with Crippen molar-refractivity contribution in [1.29, 1.82) is 0 Å². The zero-order valence-electron chi connectivity index (χ0n) is 12.2. The number of alkyl halides is 3. The molecule has 10 heteroatoms. The number of hydrogen-bond donors (Lipinski definition) is 2. The van der Waals surface area contributed by atoms with Gasteiger partial charge in [0, 0.05) is 25.9 Å². The molecule has 2 N–H and O–H groups in total. The number of likely N-dealkylation sites (tertiary alicyclic amines) is 1. The van der Waals surface area contributed by atoms with Gasteiger partial charge in [-0.2, -0.15) is 13.2 Å². The maximum atomic E-state index is 12.6. The Labute approximate surface area is 129 Å². The molecule has 1 unspecified atom stereocenters. The number of amides is 1. The van der Waals surface area contributed by atoms with E-state index in [1.165, 1.54) is 17.0 Å². The van der Waals surface area contributed by atoms with E-state index in [1.54, 1.807) is 7.05 Å². The van der Waals surface area contributed by atoms with Crippen LogP contribution in [0.25, 0.3) is 0 Å². The van der Waals surface area contributed by atoms with Gasteiger partial charge < -0.3 is 19.7 Å². The molecule has 1 saturated heterocycles. The number of aryl methyl sites for hydroxylation is 1. The van der Waals surface area contributed by atoms with Crippen molar-refractivity contribution in [3.8, 4) is 0 Å². The Morgan fingerprint density at radius 2 is 2.17 bits per heavy atom. The van der Waals surface area contributed by atoms with Crippen LogP contribution in [0, 0.1) is 5.92 Å². The number of piperidine rings is 1. The first-order valence-corrected chi connectivity index (χ1v) is 6.87. The van der Waals surface area contributed by atoms with E-state index in [0.717, 1.165) is 4.90 Å². The number of carbonyl (C=O) groups is 2. The van der Waals surface area contributed by atoms with Gasteiger partial charge in [0.15, 0.2) is 6.10 Å². The predicted octanol–water partition coefficient (Wildman–Crippen LogP) is 0.708. The van der Waals surface area contributed by atoms with E-state index in [-0.39, 0.29) is 18.7 Å². The Bertz CT molecular complexity index is 602. The number of carboxylic acids is 1. The molecule has 0 aromatic carbocycles. The molecule has 1 aromatic heterocycles. The van der Waals surface area contributed by atoms with Gasteiger partial charge in [-0.1, -0.05) is 0 Å². The molecule has 23 heavy (non-hydrogen) atoms. The van der Waals surface area contributed by atoms with Crippen LogP contribution in [-0.4, -0.2) is 55.4 Å². The Balaban J connectivity index is 2.39. The SMILES string of the molecule is Cn1ccnc1[C@@H]1[C@@H](C(=O)O)CCC(=O)N1CC(O)C(F)(F)F. The number of β-amino-alcohol motifs (C(OH)–C–C–N with tert-alkyl or cyclic N) is 1. The van der Waals surface area contributed by atoms with E-state index in [4.69, 9.17) is 0 Å². The molecule has 1 aromatic rings. The van der Waals surface area contributed by atoms with Gasteiger partial charge in [0.2, 0.25) is 5.91 Å². The van der Waals surface area contributed by atoms with Crippen LogP contribution in [0.4, 0.5) is 13.2 Å². The molecular weight excluding hydrogens is 319 g/mol. The normalized spacial score (nSPS) is 23.9. The Morgan fingerprint density at radius 1 is 1.52 bits per heavy atom. The predicted molar refractivity (Wildman–Crippen MR) is 70.1 cm³/mol. The molecular formula is C13H16F3N3O4. The summed E-state index contributed by atoms with van der Waals surface area (Å²) in [6.07, 6.45) is -4.96. The number of carbonyl (C=O) groups excluding carboxylic acids is 1. The van der Waals surface area contributed by atoms with Crippen LogP contribution in [0.2, 0.25) is 0 Å². The zero-order valence-corrected chi connectivity index (χ0v) is 12.2. The molecule has 1 amide bonds. The lowest BCUT2D eigenvalue weighted by molar-refractivity contribution is -0.211. The first-order valence-electron chi connectivity index (χ1n) is 6.87. The largest absolute Gasteiger partial charge is 0.481 e. The van der Waals surface area contributed by atoms with E-state index in [1.807, 2.05) is 0 Å². The number of nitrogens with zero attached hydrogens (tertiary/aromatic N) is 3. The van der Waals surface area contributed by atoms with Crippen LogP contribution >= 0.6 is 0 Å². The Morgan fingerprint density at radius 3 is 2.65 bits per heavy atom. The molecule has 0 radical (unpaired) electrons. The summed E-state index contributed by atoms with van der Waals surface area (Å²) in [5.74, 6) is -2.79. The van der Waals surface area contributed by atoms with Gasteiger partial charge in [-0.25, -0.2) is 4.98 Å². The molecule has 1 aliphatic heterocycles. The lowest BCUT2D eigenvalue weighted by Gasteiger charge is -2.40. The van der Waals surface area contributed by atoms with Gasteiger partial charge in [0.05, 0.1) is 12.5 Å². The van der Waals surface area contributed by atoms with Gasteiger partial charge in [-0.3, -0.25) is 9.59 Å². The van der Waals surface area contributed by atoms with E-state index < -0.39 is 42.7 Å². The fourth-order valence-corrected chi connectivity index (χ4v) is 2.70. The number of aliphatic hydroxyl groups excluding tert-OH is 1. The summed E-state index contributed by atoms with van der Waals surface area (Å²) in [6, 6.07) is -1.16. The highest BCUT2D eigenvalue weighted by Crippen LogP contribution is 2.37. The monoisotopic (exact) mass is 335 g/mol. The lowest BCUT2D eigenvalue weighted by Crippen LogP contribution is -2.51. The highest BCUT2D eigenvalue weighted by atomic mass is 19.4. The minimum absolute atomic E-state index is 0.00427. The van der Waals surface area contributed by atoms with Crippen LogP contribution < -0.4 is 0 Å². The smallest absolute Gasteiger partial charge is 0.416 e. The average molecular weight is 335 g/mol. The van der Waals surface area contributed by atoms with Gasteiger partial charge in [0.25, 0.3) is 0 Å². The number of halogens is 3. The fourth-order valence-electron chi connectivity index (χ4n) is 2.70. The second-order valence-electron chi connectivity index (χ2n) is 5.43. The van der Waals surface area contributed by atoms with E-state index in [2.05, 4.69) is 4.98 Å². The summed E-state index contributed by atoms with van der Waals surface area (Å²) >= 11 is 0. The molecule has 0 aliphatic carbocycles. The van der Waals surface area contributed by atoms with Gasteiger partial charge in [-0.15, -0.1) is 0 Å². The summed E-state index contributed by atoms with van der Waals surface area (Å²) in [5, 5.41) is 18.6. The van der Waals surface area contributed by atoms with Crippen molar-refractivity contribution < 1.29 is 33.0 Å². The van der Waals surface area contributed by atoms with Crippen LogP contribution in [-0.2, 0) is 16.6 Å². The topological polar surface area (TPSA) is 95.7 Å². The molecule has 2 rings (SSSR count). The summed E-state index contributed by atoms with van der Waals surface area (Å²) in [6.45, 7) is -1.02. The van der Waals surface area contributed by atoms with Crippen molar-refractivity contribution >= 4 is 11.9 Å². The van der Waals surface area contributed by atoms with E-state index >= 15 is 0 Å². The molecule has 1 fully saturated rings. The van der Waals surface area contributed by atoms with Crippen LogP contribution in [0.1, 0.15) is 24.7 Å². The quantitative estimate of drug-likeness (QED) is 0.845. The molecule has 0 bridgehead atoms. The standard InChI is InChI=1S/C13H16F3N3O4/c1-18-5-4-17-11(18)10-7(12(22)23)2-3-9(21)19(10)6-8(20)13(14,15)16/h4-5,7-8,10,20H,2-3,6H2,1H3,(H,22,23)/t7-,8?,10-/m0/s1. The van der Waals surface area contributed by atoms with Crippen LogP contribution in [0.15, 0.2) is 12.4 Å². The number of aromatic nitrogens is 2.